The van der Waals surface area contributed by atoms with Crippen LogP contribution in [-0.4, -0.2) is 39.6 Å². The number of hydrogen-bond acceptors (Lipinski definition) is 5. The molecule has 0 fully saturated rings. The van der Waals surface area contributed by atoms with Crippen LogP contribution in [0.15, 0.2) is 34.0 Å². The van der Waals surface area contributed by atoms with E-state index in [0.29, 0.717) is 28.1 Å². The van der Waals surface area contributed by atoms with Crippen molar-refractivity contribution in [3.05, 3.63) is 45.2 Å². The molecule has 0 aliphatic carbocycles. The smallest absolute Gasteiger partial charge is 0.330 e. The molecular formula is C18H21N3O5. The zero-order chi connectivity index (χ0) is 19.0. The van der Waals surface area contributed by atoms with Crippen LogP contribution in [0.3, 0.4) is 0 Å². The molecule has 0 saturated carbocycles. The van der Waals surface area contributed by atoms with Crippen molar-refractivity contribution in [2.45, 2.75) is 6.54 Å². The van der Waals surface area contributed by atoms with E-state index in [-0.39, 0.29) is 18.7 Å². The van der Waals surface area contributed by atoms with E-state index in [2.05, 4.69) is 0 Å². The van der Waals surface area contributed by atoms with Crippen LogP contribution in [0.4, 0.5) is 0 Å². The van der Waals surface area contributed by atoms with Gasteiger partial charge in [-0.25, -0.2) is 4.79 Å². The van der Waals surface area contributed by atoms with E-state index in [0.717, 1.165) is 10.1 Å². The van der Waals surface area contributed by atoms with Crippen molar-refractivity contribution in [1.82, 2.24) is 13.7 Å². The van der Waals surface area contributed by atoms with E-state index >= 15 is 0 Å². The maximum absolute atomic E-state index is 12.8. The number of ether oxygens (including phenoxy) is 2. The van der Waals surface area contributed by atoms with Crippen LogP contribution in [0.25, 0.3) is 22.2 Å². The maximum atomic E-state index is 12.8. The number of aryl methyl sites for hydroxylation is 1. The molecule has 0 bridgehead atoms. The topological polar surface area (TPSA) is 87.6 Å². The summed E-state index contributed by atoms with van der Waals surface area (Å²) in [5.74, 6) is 1.10. The molecule has 138 valence electrons. The Hall–Kier alpha value is -3.00. The molecule has 8 heteroatoms. The molecule has 1 N–H and O–H groups in total. The summed E-state index contributed by atoms with van der Waals surface area (Å²) in [6.45, 7) is 0.186. The fraction of sp³-hybridized carbons (Fsp3) is 0.333. The van der Waals surface area contributed by atoms with Crippen LogP contribution >= 0.6 is 0 Å². The van der Waals surface area contributed by atoms with Gasteiger partial charge in [-0.05, 0) is 18.2 Å². The second-order valence-corrected chi connectivity index (χ2v) is 5.93. The zero-order valence-corrected chi connectivity index (χ0v) is 15.1. The van der Waals surface area contributed by atoms with Crippen LogP contribution in [0.2, 0.25) is 0 Å². The van der Waals surface area contributed by atoms with Gasteiger partial charge in [0.25, 0.3) is 5.56 Å². The van der Waals surface area contributed by atoms with Crippen molar-refractivity contribution in [1.29, 1.82) is 0 Å². The van der Waals surface area contributed by atoms with Crippen LogP contribution < -0.4 is 20.7 Å². The predicted octanol–water partition coefficient (Wildman–Crippen LogP) is 0.715. The highest BCUT2D eigenvalue weighted by Crippen LogP contribution is 2.35. The lowest BCUT2D eigenvalue weighted by molar-refractivity contribution is 0.277. The monoisotopic (exact) mass is 359 g/mol. The molecule has 0 spiro atoms. The van der Waals surface area contributed by atoms with E-state index < -0.39 is 5.69 Å². The highest BCUT2D eigenvalue weighted by atomic mass is 16.5. The minimum Gasteiger partial charge on any atom is -0.493 e. The van der Waals surface area contributed by atoms with Gasteiger partial charge in [0.15, 0.2) is 11.5 Å². The highest BCUT2D eigenvalue weighted by molar-refractivity contribution is 5.94. The lowest BCUT2D eigenvalue weighted by Crippen LogP contribution is -2.36. The molecule has 3 aromatic rings. The van der Waals surface area contributed by atoms with E-state index in [4.69, 9.17) is 9.47 Å². The number of benzene rings is 1. The first kappa shape index (κ1) is 17.8. The van der Waals surface area contributed by atoms with Gasteiger partial charge < -0.3 is 19.1 Å². The Labute approximate surface area is 149 Å². The second-order valence-electron chi connectivity index (χ2n) is 5.93. The Kier molecular flexibility index (Phi) is 4.60. The SMILES string of the molecule is COc1ccc(-c2c3c(=O)n(C)c(=O)n(C)c3cn2CCO)cc1OC. The first-order valence-electron chi connectivity index (χ1n) is 8.06. The summed E-state index contributed by atoms with van der Waals surface area (Å²) in [5, 5.41) is 9.84. The zero-order valence-electron chi connectivity index (χ0n) is 15.1. The summed E-state index contributed by atoms with van der Waals surface area (Å²) < 4.78 is 14.9. The standard InChI is InChI=1S/C18H21N3O5/c1-19-12-10-21(7-8-22)16(15(12)17(23)20(2)18(19)24)11-5-6-13(25-3)14(9-11)26-4/h5-6,9-10,22H,7-8H2,1-4H3. The summed E-state index contributed by atoms with van der Waals surface area (Å²) in [5.41, 5.74) is 1.07. The number of fused-ring (bicyclic) bond motifs is 1. The number of methoxy groups -OCH3 is 2. The third-order valence-electron chi connectivity index (χ3n) is 4.51. The minimum absolute atomic E-state index is 0.102. The third-order valence-corrected chi connectivity index (χ3v) is 4.51. The van der Waals surface area contributed by atoms with Gasteiger partial charge in [0.1, 0.15) is 0 Å². The largest absolute Gasteiger partial charge is 0.493 e. The summed E-state index contributed by atoms with van der Waals surface area (Å²) in [6, 6.07) is 5.34. The fourth-order valence-electron chi connectivity index (χ4n) is 3.17. The first-order valence-corrected chi connectivity index (χ1v) is 8.06. The maximum Gasteiger partial charge on any atom is 0.330 e. The Morgan fingerprint density at radius 3 is 2.35 bits per heavy atom. The summed E-state index contributed by atoms with van der Waals surface area (Å²) in [4.78, 5) is 25.0. The molecule has 0 amide bonds. The molecule has 0 saturated heterocycles. The van der Waals surface area contributed by atoms with Gasteiger partial charge in [-0.1, -0.05) is 0 Å². The molecule has 0 unspecified atom stereocenters. The normalized spacial score (nSPS) is 11.1. The van der Waals surface area contributed by atoms with Gasteiger partial charge in [0.2, 0.25) is 0 Å². The third kappa shape index (κ3) is 2.59. The lowest BCUT2D eigenvalue weighted by Gasteiger charge is -2.12. The van der Waals surface area contributed by atoms with Gasteiger partial charge in [0, 0.05) is 32.4 Å². The van der Waals surface area contributed by atoms with E-state index in [1.807, 2.05) is 6.07 Å². The van der Waals surface area contributed by atoms with Gasteiger partial charge in [-0.15, -0.1) is 0 Å². The van der Waals surface area contributed by atoms with Gasteiger partial charge in [-0.3, -0.25) is 13.9 Å². The Balaban J connectivity index is 2.43. The van der Waals surface area contributed by atoms with Crippen LogP contribution in [0.1, 0.15) is 0 Å². The van der Waals surface area contributed by atoms with Crippen LogP contribution in [0, 0.1) is 0 Å². The molecule has 8 nitrogen and oxygen atoms in total. The Morgan fingerprint density at radius 1 is 1.04 bits per heavy atom. The molecule has 1 aromatic carbocycles. The lowest BCUT2D eigenvalue weighted by atomic mass is 10.1. The van der Waals surface area contributed by atoms with Crippen molar-refractivity contribution in [3.8, 4) is 22.8 Å². The fourth-order valence-corrected chi connectivity index (χ4v) is 3.17. The van der Waals surface area contributed by atoms with E-state index in [1.54, 1.807) is 37.1 Å². The summed E-state index contributed by atoms with van der Waals surface area (Å²) in [6.07, 6.45) is 1.71. The van der Waals surface area contributed by atoms with Crippen molar-refractivity contribution in [2.75, 3.05) is 20.8 Å². The molecule has 0 aliphatic rings. The number of nitrogens with zero attached hydrogens (tertiary/aromatic N) is 3. The van der Waals surface area contributed by atoms with Crippen LogP contribution in [0.5, 0.6) is 11.5 Å². The highest BCUT2D eigenvalue weighted by Gasteiger charge is 2.20. The van der Waals surface area contributed by atoms with Gasteiger partial charge in [0.05, 0.1) is 37.4 Å². The van der Waals surface area contributed by atoms with E-state index in [1.165, 1.54) is 18.7 Å². The van der Waals surface area contributed by atoms with Crippen molar-refractivity contribution in [3.63, 3.8) is 0 Å². The minimum atomic E-state index is -0.400. The first-order chi connectivity index (χ1) is 12.4. The molecule has 2 aromatic heterocycles. The van der Waals surface area contributed by atoms with Gasteiger partial charge in [-0.2, -0.15) is 0 Å². The van der Waals surface area contributed by atoms with Crippen molar-refractivity contribution >= 4 is 10.9 Å². The summed E-state index contributed by atoms with van der Waals surface area (Å²) in [7, 11) is 6.15. The molecular weight excluding hydrogens is 338 g/mol. The number of hydrogen-bond donors (Lipinski definition) is 1. The Morgan fingerprint density at radius 2 is 1.73 bits per heavy atom. The predicted molar refractivity (Wildman–Crippen MR) is 98.0 cm³/mol. The molecule has 0 radical (unpaired) electrons. The number of aliphatic hydroxyl groups excluding tert-OH is 1. The second kappa shape index (κ2) is 6.72. The number of aromatic nitrogens is 3. The Bertz CT molecular complexity index is 1090. The van der Waals surface area contributed by atoms with Gasteiger partial charge >= 0.3 is 5.69 Å². The molecule has 3 rings (SSSR count). The molecule has 26 heavy (non-hydrogen) atoms. The number of rotatable bonds is 5. The number of aliphatic hydroxyl groups is 1. The summed E-state index contributed by atoms with van der Waals surface area (Å²) >= 11 is 0. The van der Waals surface area contributed by atoms with Crippen LogP contribution in [-0.2, 0) is 20.6 Å². The van der Waals surface area contributed by atoms with E-state index in [9.17, 15) is 14.7 Å². The molecule has 2 heterocycles. The average molecular weight is 359 g/mol. The molecule has 0 atom stereocenters. The quantitative estimate of drug-likeness (QED) is 0.725. The van der Waals surface area contributed by atoms with Crippen molar-refractivity contribution in [2.24, 2.45) is 14.1 Å². The molecule has 0 aliphatic heterocycles. The average Bonchev–Trinajstić information content (AvgIpc) is 3.03. The van der Waals surface area contributed by atoms with Crippen molar-refractivity contribution < 1.29 is 14.6 Å².